The van der Waals surface area contributed by atoms with Crippen molar-refractivity contribution in [3.63, 3.8) is 0 Å². The highest BCUT2D eigenvalue weighted by Crippen LogP contribution is 2.22. The molecular formula is C13H12N4O2S2. The Morgan fingerprint density at radius 1 is 1.48 bits per heavy atom. The molecule has 0 spiro atoms. The first-order chi connectivity index (χ1) is 10.2. The van der Waals surface area contributed by atoms with Gasteiger partial charge in [-0.1, -0.05) is 6.07 Å². The summed E-state index contributed by atoms with van der Waals surface area (Å²) in [4.78, 5) is 13.0. The van der Waals surface area contributed by atoms with Gasteiger partial charge in [-0.3, -0.25) is 14.5 Å². The van der Waals surface area contributed by atoms with Crippen LogP contribution in [-0.4, -0.2) is 20.7 Å². The van der Waals surface area contributed by atoms with Crippen molar-refractivity contribution in [1.82, 2.24) is 20.1 Å². The molecule has 2 N–H and O–H groups in total. The van der Waals surface area contributed by atoms with Gasteiger partial charge in [0.25, 0.3) is 0 Å². The molecule has 3 aromatic heterocycles. The molecule has 3 rings (SSSR count). The minimum Gasteiger partial charge on any atom is -0.467 e. The lowest BCUT2D eigenvalue weighted by atomic mass is 10.4. The van der Waals surface area contributed by atoms with E-state index in [0.717, 1.165) is 4.88 Å². The first-order valence-corrected chi connectivity index (χ1v) is 7.51. The van der Waals surface area contributed by atoms with Crippen LogP contribution in [0.25, 0.3) is 10.7 Å². The SMILES string of the molecule is O=C(Cn1c(-c2cccs2)n[nH]c1=S)NCc1ccco1. The van der Waals surface area contributed by atoms with E-state index in [0.29, 0.717) is 22.9 Å². The fourth-order valence-electron chi connectivity index (χ4n) is 1.86. The van der Waals surface area contributed by atoms with Crippen molar-refractivity contribution < 1.29 is 9.21 Å². The fraction of sp³-hybridized carbons (Fsp3) is 0.154. The van der Waals surface area contributed by atoms with Gasteiger partial charge in [0, 0.05) is 0 Å². The second-order valence-electron chi connectivity index (χ2n) is 4.27. The molecule has 3 heterocycles. The van der Waals surface area contributed by atoms with Crippen LogP contribution in [0.15, 0.2) is 40.3 Å². The van der Waals surface area contributed by atoms with E-state index in [1.807, 2.05) is 17.5 Å². The molecule has 0 aliphatic carbocycles. The topological polar surface area (TPSA) is 75.8 Å². The first kappa shape index (κ1) is 13.8. The summed E-state index contributed by atoms with van der Waals surface area (Å²) in [5, 5.41) is 11.6. The number of aromatic nitrogens is 3. The van der Waals surface area contributed by atoms with Gasteiger partial charge in [-0.15, -0.1) is 11.3 Å². The lowest BCUT2D eigenvalue weighted by Crippen LogP contribution is -2.27. The molecule has 8 heteroatoms. The summed E-state index contributed by atoms with van der Waals surface area (Å²) in [6.07, 6.45) is 1.57. The summed E-state index contributed by atoms with van der Waals surface area (Å²) in [5.41, 5.74) is 0. The Hall–Kier alpha value is -2.19. The van der Waals surface area contributed by atoms with Gasteiger partial charge >= 0.3 is 0 Å². The van der Waals surface area contributed by atoms with Crippen molar-refractivity contribution in [2.45, 2.75) is 13.1 Å². The smallest absolute Gasteiger partial charge is 0.240 e. The van der Waals surface area contributed by atoms with Gasteiger partial charge in [-0.05, 0) is 35.8 Å². The van der Waals surface area contributed by atoms with Gasteiger partial charge in [-0.25, -0.2) is 0 Å². The summed E-state index contributed by atoms with van der Waals surface area (Å²) < 4.78 is 7.27. The Morgan fingerprint density at radius 2 is 2.38 bits per heavy atom. The van der Waals surface area contributed by atoms with E-state index >= 15 is 0 Å². The van der Waals surface area contributed by atoms with Crippen LogP contribution in [0, 0.1) is 4.77 Å². The molecule has 0 saturated heterocycles. The summed E-state index contributed by atoms with van der Waals surface area (Å²) in [7, 11) is 0. The lowest BCUT2D eigenvalue weighted by Gasteiger charge is -2.06. The zero-order chi connectivity index (χ0) is 14.7. The normalized spacial score (nSPS) is 10.7. The van der Waals surface area contributed by atoms with Crippen LogP contribution < -0.4 is 5.32 Å². The number of H-pyrrole nitrogens is 1. The van der Waals surface area contributed by atoms with Crippen LogP contribution in [0.1, 0.15) is 5.76 Å². The minimum atomic E-state index is -0.151. The maximum absolute atomic E-state index is 12.0. The van der Waals surface area contributed by atoms with Crippen LogP contribution >= 0.6 is 23.6 Å². The van der Waals surface area contributed by atoms with E-state index in [2.05, 4.69) is 15.5 Å². The molecule has 1 amide bonds. The number of hydrogen-bond acceptors (Lipinski definition) is 5. The number of carbonyl (C=O) groups is 1. The Bertz CT molecular complexity index is 772. The zero-order valence-corrected chi connectivity index (χ0v) is 12.5. The van der Waals surface area contributed by atoms with Crippen molar-refractivity contribution in [3.8, 4) is 10.7 Å². The maximum Gasteiger partial charge on any atom is 0.240 e. The van der Waals surface area contributed by atoms with E-state index in [-0.39, 0.29) is 12.5 Å². The number of hydrogen-bond donors (Lipinski definition) is 2. The molecule has 0 aliphatic heterocycles. The van der Waals surface area contributed by atoms with Crippen molar-refractivity contribution in [3.05, 3.63) is 46.4 Å². The summed E-state index contributed by atoms with van der Waals surface area (Å²) in [6, 6.07) is 7.45. The Labute approximate surface area is 129 Å². The molecule has 108 valence electrons. The van der Waals surface area contributed by atoms with Gasteiger partial charge < -0.3 is 9.73 Å². The Morgan fingerprint density at radius 3 is 3.10 bits per heavy atom. The maximum atomic E-state index is 12.0. The highest BCUT2D eigenvalue weighted by Gasteiger charge is 2.13. The molecule has 0 aromatic carbocycles. The molecule has 0 radical (unpaired) electrons. The molecule has 21 heavy (non-hydrogen) atoms. The Kier molecular flexibility index (Phi) is 3.98. The molecule has 0 bridgehead atoms. The average molecular weight is 320 g/mol. The number of carbonyl (C=O) groups excluding carboxylic acids is 1. The number of amides is 1. The summed E-state index contributed by atoms with van der Waals surface area (Å²) >= 11 is 6.73. The molecule has 0 aliphatic rings. The number of rotatable bonds is 5. The predicted molar refractivity (Wildman–Crippen MR) is 81.3 cm³/mol. The highest BCUT2D eigenvalue weighted by atomic mass is 32.1. The number of nitrogens with one attached hydrogen (secondary N) is 2. The molecule has 0 unspecified atom stereocenters. The van der Waals surface area contributed by atoms with E-state index in [4.69, 9.17) is 16.6 Å². The molecule has 0 atom stereocenters. The first-order valence-electron chi connectivity index (χ1n) is 6.22. The Balaban J connectivity index is 1.71. The second kappa shape index (κ2) is 6.06. The number of furan rings is 1. The quantitative estimate of drug-likeness (QED) is 0.709. The highest BCUT2D eigenvalue weighted by molar-refractivity contribution is 7.71. The van der Waals surface area contributed by atoms with Gasteiger partial charge in [0.15, 0.2) is 10.6 Å². The van der Waals surface area contributed by atoms with Crippen molar-refractivity contribution >= 4 is 29.5 Å². The largest absolute Gasteiger partial charge is 0.467 e. The van der Waals surface area contributed by atoms with Crippen LogP contribution in [0.4, 0.5) is 0 Å². The van der Waals surface area contributed by atoms with Gasteiger partial charge in [0.1, 0.15) is 12.3 Å². The van der Waals surface area contributed by atoms with Crippen LogP contribution in [0.2, 0.25) is 0 Å². The molecular weight excluding hydrogens is 308 g/mol. The zero-order valence-electron chi connectivity index (χ0n) is 10.9. The number of thiophene rings is 1. The third kappa shape index (κ3) is 3.11. The van der Waals surface area contributed by atoms with Gasteiger partial charge in [-0.2, -0.15) is 5.10 Å². The van der Waals surface area contributed by atoms with Crippen molar-refractivity contribution in [1.29, 1.82) is 0 Å². The van der Waals surface area contributed by atoms with E-state index < -0.39 is 0 Å². The summed E-state index contributed by atoms with van der Waals surface area (Å²) in [5.74, 6) is 1.22. The van der Waals surface area contributed by atoms with Crippen LogP contribution in [-0.2, 0) is 17.9 Å². The van der Waals surface area contributed by atoms with Gasteiger partial charge in [0.2, 0.25) is 5.91 Å². The van der Waals surface area contributed by atoms with Gasteiger partial charge in [0.05, 0.1) is 17.7 Å². The van der Waals surface area contributed by atoms with Crippen LogP contribution in [0.3, 0.4) is 0 Å². The lowest BCUT2D eigenvalue weighted by molar-refractivity contribution is -0.121. The van der Waals surface area contributed by atoms with Crippen molar-refractivity contribution in [2.24, 2.45) is 0 Å². The standard InChI is InChI=1S/C13H12N4O2S2/c18-11(14-7-9-3-1-5-19-9)8-17-12(15-16-13(17)20)10-4-2-6-21-10/h1-6H,7-8H2,(H,14,18)(H,16,20). The molecule has 3 aromatic rings. The monoisotopic (exact) mass is 320 g/mol. The fourth-order valence-corrected chi connectivity index (χ4v) is 2.78. The van der Waals surface area contributed by atoms with Crippen molar-refractivity contribution in [2.75, 3.05) is 0 Å². The van der Waals surface area contributed by atoms with E-state index in [9.17, 15) is 4.79 Å². The average Bonchev–Trinajstić information content (AvgIpc) is 3.19. The van der Waals surface area contributed by atoms with Crippen LogP contribution in [0.5, 0.6) is 0 Å². The minimum absolute atomic E-state index is 0.114. The molecule has 6 nitrogen and oxygen atoms in total. The number of aromatic amines is 1. The van der Waals surface area contributed by atoms with E-state index in [1.54, 1.807) is 34.3 Å². The molecule has 0 fully saturated rings. The summed E-state index contributed by atoms with van der Waals surface area (Å²) in [6.45, 7) is 0.467. The van der Waals surface area contributed by atoms with E-state index in [1.165, 1.54) is 0 Å². The predicted octanol–water partition coefficient (Wildman–Crippen LogP) is 2.58. The third-order valence-electron chi connectivity index (χ3n) is 2.84. The third-order valence-corrected chi connectivity index (χ3v) is 4.02. The number of nitrogens with zero attached hydrogens (tertiary/aromatic N) is 2. The second-order valence-corrected chi connectivity index (χ2v) is 5.61. The molecule has 0 saturated carbocycles.